The molecule has 0 amide bonds. The fraction of sp³-hybridized carbons (Fsp3) is 0.636. The van der Waals surface area contributed by atoms with Crippen molar-refractivity contribution in [2.75, 3.05) is 20.2 Å². The van der Waals surface area contributed by atoms with Crippen molar-refractivity contribution in [1.29, 1.82) is 0 Å². The zero-order valence-corrected chi connectivity index (χ0v) is 8.84. The van der Waals surface area contributed by atoms with E-state index in [9.17, 15) is 0 Å². The molecule has 2 unspecified atom stereocenters. The molecule has 3 N–H and O–H groups in total. The summed E-state index contributed by atoms with van der Waals surface area (Å²) in [6.07, 6.45) is 3.29. The molecular formula is C11H18N2O. The summed E-state index contributed by atoms with van der Waals surface area (Å²) in [5.41, 5.74) is 8.37. The summed E-state index contributed by atoms with van der Waals surface area (Å²) in [5, 5.41) is 3.38. The zero-order chi connectivity index (χ0) is 10.1. The van der Waals surface area contributed by atoms with Crippen LogP contribution in [0.3, 0.4) is 0 Å². The first-order chi connectivity index (χ1) is 6.74. The molecule has 0 radical (unpaired) electrons. The smallest absolute Gasteiger partial charge is 0.137 e. The minimum Gasteiger partial charge on any atom is -0.495 e. The van der Waals surface area contributed by atoms with Gasteiger partial charge in [-0.1, -0.05) is 6.92 Å². The van der Waals surface area contributed by atoms with E-state index in [0.717, 1.165) is 24.5 Å². The highest BCUT2D eigenvalue weighted by Crippen LogP contribution is 2.35. The summed E-state index contributed by atoms with van der Waals surface area (Å²) in [6.45, 7) is 4.27. The van der Waals surface area contributed by atoms with Crippen molar-refractivity contribution in [2.45, 2.75) is 13.3 Å². The van der Waals surface area contributed by atoms with Gasteiger partial charge in [0.05, 0.1) is 12.8 Å². The highest BCUT2D eigenvalue weighted by molar-refractivity contribution is 5.33. The molecule has 2 aliphatic rings. The van der Waals surface area contributed by atoms with Crippen molar-refractivity contribution in [3.63, 3.8) is 0 Å². The third-order valence-electron chi connectivity index (χ3n) is 3.35. The van der Waals surface area contributed by atoms with Gasteiger partial charge in [0.1, 0.15) is 5.76 Å². The number of hydrogen-bond acceptors (Lipinski definition) is 3. The van der Waals surface area contributed by atoms with Crippen LogP contribution in [0.4, 0.5) is 0 Å². The Hall–Kier alpha value is -0.960. The fourth-order valence-electron chi connectivity index (χ4n) is 2.41. The molecule has 2 atom stereocenters. The van der Waals surface area contributed by atoms with E-state index in [4.69, 9.17) is 10.5 Å². The number of hydrogen-bond donors (Lipinski definition) is 2. The summed E-state index contributed by atoms with van der Waals surface area (Å²) in [6, 6.07) is 0. The minimum atomic E-state index is 0.423. The molecule has 3 nitrogen and oxygen atoms in total. The zero-order valence-electron chi connectivity index (χ0n) is 8.84. The standard InChI is InChI=1S/C11H18N2O/c1-7-9-3-4-13-6-8(9)5-10(14-2)11(7)12/h5,7,9,13H,3-4,6,12H2,1-2H3. The van der Waals surface area contributed by atoms with Gasteiger partial charge in [0, 0.05) is 12.5 Å². The van der Waals surface area contributed by atoms with Crippen LogP contribution in [0.2, 0.25) is 0 Å². The van der Waals surface area contributed by atoms with Crippen molar-refractivity contribution >= 4 is 0 Å². The van der Waals surface area contributed by atoms with Gasteiger partial charge < -0.3 is 15.8 Å². The number of nitrogens with one attached hydrogen (secondary N) is 1. The highest BCUT2D eigenvalue weighted by atomic mass is 16.5. The number of nitrogens with two attached hydrogens (primary N) is 1. The Kier molecular flexibility index (Phi) is 2.50. The molecular weight excluding hydrogens is 176 g/mol. The summed E-state index contributed by atoms with van der Waals surface area (Å²) in [5.74, 6) is 1.90. The van der Waals surface area contributed by atoms with E-state index < -0.39 is 0 Å². The monoisotopic (exact) mass is 194 g/mol. The van der Waals surface area contributed by atoms with E-state index in [1.54, 1.807) is 7.11 Å². The molecule has 2 rings (SSSR count). The second kappa shape index (κ2) is 3.65. The minimum absolute atomic E-state index is 0.423. The summed E-state index contributed by atoms with van der Waals surface area (Å²) >= 11 is 0. The maximum absolute atomic E-state index is 6.03. The van der Waals surface area contributed by atoms with Crippen LogP contribution in [0.25, 0.3) is 0 Å². The van der Waals surface area contributed by atoms with E-state index in [2.05, 4.69) is 18.3 Å². The van der Waals surface area contributed by atoms with Gasteiger partial charge in [-0.25, -0.2) is 0 Å². The molecule has 1 heterocycles. The number of allylic oxidation sites excluding steroid dienone is 2. The Labute approximate surface area is 85.0 Å². The molecule has 1 fully saturated rings. The molecule has 14 heavy (non-hydrogen) atoms. The largest absolute Gasteiger partial charge is 0.495 e. The van der Waals surface area contributed by atoms with E-state index in [1.165, 1.54) is 12.0 Å². The van der Waals surface area contributed by atoms with Crippen LogP contribution in [0, 0.1) is 11.8 Å². The van der Waals surface area contributed by atoms with Crippen molar-refractivity contribution in [3.05, 3.63) is 23.1 Å². The van der Waals surface area contributed by atoms with Gasteiger partial charge in [-0.2, -0.15) is 0 Å². The van der Waals surface area contributed by atoms with Crippen LogP contribution >= 0.6 is 0 Å². The van der Waals surface area contributed by atoms with Crippen LogP contribution in [0.15, 0.2) is 23.1 Å². The van der Waals surface area contributed by atoms with Crippen molar-refractivity contribution < 1.29 is 4.74 Å². The average molecular weight is 194 g/mol. The second-order valence-corrected chi connectivity index (χ2v) is 4.10. The third kappa shape index (κ3) is 1.42. The number of ether oxygens (including phenoxy) is 1. The van der Waals surface area contributed by atoms with Crippen LogP contribution in [-0.4, -0.2) is 20.2 Å². The van der Waals surface area contributed by atoms with E-state index in [1.807, 2.05) is 0 Å². The Balaban J connectivity index is 2.31. The Morgan fingerprint density at radius 2 is 2.36 bits per heavy atom. The predicted molar refractivity (Wildman–Crippen MR) is 56.4 cm³/mol. The molecule has 0 saturated carbocycles. The highest BCUT2D eigenvalue weighted by Gasteiger charge is 2.30. The van der Waals surface area contributed by atoms with E-state index >= 15 is 0 Å². The fourth-order valence-corrected chi connectivity index (χ4v) is 2.41. The molecule has 1 aliphatic heterocycles. The summed E-state index contributed by atoms with van der Waals surface area (Å²) in [7, 11) is 1.68. The van der Waals surface area contributed by atoms with Gasteiger partial charge in [-0.3, -0.25) is 0 Å². The molecule has 0 spiro atoms. The van der Waals surface area contributed by atoms with Crippen molar-refractivity contribution in [3.8, 4) is 0 Å². The number of fused-ring (bicyclic) bond motifs is 1. The van der Waals surface area contributed by atoms with Crippen molar-refractivity contribution in [2.24, 2.45) is 17.6 Å². The molecule has 0 aromatic carbocycles. The molecule has 78 valence electrons. The van der Waals surface area contributed by atoms with Crippen LogP contribution in [0.5, 0.6) is 0 Å². The average Bonchev–Trinajstić information content (AvgIpc) is 2.23. The van der Waals surface area contributed by atoms with E-state index in [-0.39, 0.29) is 0 Å². The summed E-state index contributed by atoms with van der Waals surface area (Å²) < 4.78 is 5.27. The lowest BCUT2D eigenvalue weighted by Crippen LogP contribution is -2.37. The van der Waals surface area contributed by atoms with E-state index in [0.29, 0.717) is 11.8 Å². The van der Waals surface area contributed by atoms with Crippen LogP contribution < -0.4 is 11.1 Å². The first-order valence-corrected chi connectivity index (χ1v) is 5.19. The molecule has 0 aromatic heterocycles. The maximum Gasteiger partial charge on any atom is 0.137 e. The number of rotatable bonds is 1. The first-order valence-electron chi connectivity index (χ1n) is 5.19. The quantitative estimate of drug-likeness (QED) is 0.654. The normalized spacial score (nSPS) is 32.3. The molecule has 1 aliphatic carbocycles. The Bertz CT molecular complexity index is 294. The van der Waals surface area contributed by atoms with Gasteiger partial charge in [-0.15, -0.1) is 0 Å². The van der Waals surface area contributed by atoms with Crippen LogP contribution in [0.1, 0.15) is 13.3 Å². The van der Waals surface area contributed by atoms with Gasteiger partial charge in [0.25, 0.3) is 0 Å². The summed E-state index contributed by atoms with van der Waals surface area (Å²) in [4.78, 5) is 0. The molecule has 0 bridgehead atoms. The molecule has 0 aromatic rings. The van der Waals surface area contributed by atoms with Gasteiger partial charge >= 0.3 is 0 Å². The lowest BCUT2D eigenvalue weighted by molar-refractivity contribution is 0.274. The number of piperidine rings is 1. The van der Waals surface area contributed by atoms with Gasteiger partial charge in [0.15, 0.2) is 0 Å². The molecule has 1 saturated heterocycles. The SMILES string of the molecule is COC1=C(N)C(C)C2CCNCC2=C1. The van der Waals surface area contributed by atoms with Crippen LogP contribution in [-0.2, 0) is 4.74 Å². The molecule has 3 heteroatoms. The Morgan fingerprint density at radius 3 is 3.07 bits per heavy atom. The van der Waals surface area contributed by atoms with Gasteiger partial charge in [0.2, 0.25) is 0 Å². The first kappa shape index (κ1) is 9.59. The number of methoxy groups -OCH3 is 1. The second-order valence-electron chi connectivity index (χ2n) is 4.10. The van der Waals surface area contributed by atoms with Crippen molar-refractivity contribution in [1.82, 2.24) is 5.32 Å². The van der Waals surface area contributed by atoms with Gasteiger partial charge in [-0.05, 0) is 30.5 Å². The lowest BCUT2D eigenvalue weighted by atomic mass is 9.77. The topological polar surface area (TPSA) is 47.3 Å². The predicted octanol–water partition coefficient (Wildman–Crippen LogP) is 0.989. The Morgan fingerprint density at radius 1 is 1.57 bits per heavy atom. The lowest BCUT2D eigenvalue weighted by Gasteiger charge is -2.35. The maximum atomic E-state index is 6.03. The third-order valence-corrected chi connectivity index (χ3v) is 3.35.